The molecule has 26 heavy (non-hydrogen) atoms. The molecule has 0 atom stereocenters. The number of hydrogen-bond acceptors (Lipinski definition) is 2. The zero-order valence-corrected chi connectivity index (χ0v) is 16.1. The van der Waals surface area contributed by atoms with Gasteiger partial charge >= 0.3 is 0 Å². The highest BCUT2D eigenvalue weighted by Crippen LogP contribution is 2.32. The van der Waals surface area contributed by atoms with Crippen molar-refractivity contribution in [2.75, 3.05) is 0 Å². The molecule has 0 saturated carbocycles. The van der Waals surface area contributed by atoms with E-state index >= 15 is 0 Å². The first-order chi connectivity index (χ1) is 12.6. The molecule has 0 aliphatic rings. The highest BCUT2D eigenvalue weighted by molar-refractivity contribution is 8.02. The summed E-state index contributed by atoms with van der Waals surface area (Å²) in [5, 5.41) is 2.55. The maximum absolute atomic E-state index is 12.7. The Balaban J connectivity index is 1.76. The molecule has 0 saturated heterocycles. The van der Waals surface area contributed by atoms with Crippen LogP contribution in [-0.4, -0.2) is 5.78 Å². The van der Waals surface area contributed by atoms with Gasteiger partial charge in [-0.05, 0) is 36.1 Å². The number of thioether (sulfide) groups is 1. The van der Waals surface area contributed by atoms with Crippen LogP contribution < -0.4 is 0 Å². The van der Waals surface area contributed by atoms with E-state index in [1.807, 2.05) is 73.0 Å². The summed E-state index contributed by atoms with van der Waals surface area (Å²) in [6.45, 7) is 1.97. The molecule has 0 heterocycles. The predicted molar refractivity (Wildman–Crippen MR) is 112 cm³/mol. The van der Waals surface area contributed by atoms with Crippen molar-refractivity contribution in [3.63, 3.8) is 0 Å². The first kappa shape index (κ1) is 18.5. The fourth-order valence-electron chi connectivity index (χ4n) is 2.65. The third-order valence-corrected chi connectivity index (χ3v) is 5.43. The van der Waals surface area contributed by atoms with Gasteiger partial charge in [0.05, 0.1) is 5.02 Å². The highest BCUT2D eigenvalue weighted by atomic mass is 35.5. The van der Waals surface area contributed by atoms with Crippen LogP contribution in [0.5, 0.6) is 0 Å². The van der Waals surface area contributed by atoms with Gasteiger partial charge in [0.25, 0.3) is 0 Å². The standard InChI is InChI=1S/C23H19ClOS/c1-17(16-26-19-11-6-3-7-12-19)15-22(25)21-14-8-13-20(23(21)24)18-9-4-2-5-10-18/h2-14,16H,15H2,1H3. The third-order valence-electron chi connectivity index (χ3n) is 3.96. The van der Waals surface area contributed by atoms with Gasteiger partial charge in [0.15, 0.2) is 5.78 Å². The van der Waals surface area contributed by atoms with Crippen molar-refractivity contribution in [2.45, 2.75) is 18.2 Å². The molecule has 3 aromatic carbocycles. The van der Waals surface area contributed by atoms with Gasteiger partial charge in [0.1, 0.15) is 0 Å². The topological polar surface area (TPSA) is 17.1 Å². The van der Waals surface area contributed by atoms with Gasteiger partial charge in [0.2, 0.25) is 0 Å². The lowest BCUT2D eigenvalue weighted by Crippen LogP contribution is -2.01. The average Bonchev–Trinajstić information content (AvgIpc) is 2.68. The number of rotatable bonds is 6. The minimum atomic E-state index is 0.0372. The molecule has 0 radical (unpaired) electrons. The maximum Gasteiger partial charge on any atom is 0.168 e. The van der Waals surface area contributed by atoms with Crippen molar-refractivity contribution in [1.29, 1.82) is 0 Å². The first-order valence-corrected chi connectivity index (χ1v) is 9.65. The van der Waals surface area contributed by atoms with Gasteiger partial charge in [-0.25, -0.2) is 0 Å². The van der Waals surface area contributed by atoms with Gasteiger partial charge in [-0.1, -0.05) is 89.6 Å². The number of ketones is 1. The van der Waals surface area contributed by atoms with Crippen LogP contribution in [0.25, 0.3) is 11.1 Å². The summed E-state index contributed by atoms with van der Waals surface area (Å²) < 4.78 is 0. The van der Waals surface area contributed by atoms with Crippen molar-refractivity contribution >= 4 is 29.1 Å². The van der Waals surface area contributed by atoms with Crippen LogP contribution in [0.4, 0.5) is 0 Å². The zero-order chi connectivity index (χ0) is 18.4. The molecule has 0 aromatic heterocycles. The van der Waals surface area contributed by atoms with Gasteiger partial charge in [-0.15, -0.1) is 0 Å². The highest BCUT2D eigenvalue weighted by Gasteiger charge is 2.14. The van der Waals surface area contributed by atoms with E-state index in [1.54, 1.807) is 17.8 Å². The molecule has 0 aliphatic heterocycles. The first-order valence-electron chi connectivity index (χ1n) is 8.39. The lowest BCUT2D eigenvalue weighted by Gasteiger charge is -2.09. The molecule has 3 aromatic rings. The molecule has 0 bridgehead atoms. The molecule has 3 rings (SSSR count). The van der Waals surface area contributed by atoms with E-state index in [2.05, 4.69) is 12.1 Å². The van der Waals surface area contributed by atoms with Crippen LogP contribution >= 0.6 is 23.4 Å². The summed E-state index contributed by atoms with van der Waals surface area (Å²) in [6.07, 6.45) is 0.359. The number of allylic oxidation sites excluding steroid dienone is 1. The van der Waals surface area contributed by atoms with Crippen LogP contribution in [0, 0.1) is 0 Å². The summed E-state index contributed by atoms with van der Waals surface area (Å²) in [5.41, 5.74) is 3.49. The largest absolute Gasteiger partial charge is 0.294 e. The molecule has 0 N–H and O–H groups in total. The normalized spacial score (nSPS) is 11.4. The van der Waals surface area contributed by atoms with Crippen molar-refractivity contribution in [2.24, 2.45) is 0 Å². The minimum absolute atomic E-state index is 0.0372. The van der Waals surface area contributed by atoms with Crippen LogP contribution in [0.15, 0.2) is 94.7 Å². The summed E-state index contributed by atoms with van der Waals surface area (Å²) in [7, 11) is 0. The Morgan fingerprint density at radius 1 is 0.923 bits per heavy atom. The van der Waals surface area contributed by atoms with E-state index in [0.29, 0.717) is 17.0 Å². The Bertz CT molecular complexity index is 917. The Labute approximate surface area is 163 Å². The fourth-order valence-corrected chi connectivity index (χ4v) is 3.72. The van der Waals surface area contributed by atoms with E-state index < -0.39 is 0 Å². The van der Waals surface area contributed by atoms with E-state index in [-0.39, 0.29) is 5.78 Å². The number of benzene rings is 3. The lowest BCUT2D eigenvalue weighted by molar-refractivity contribution is 0.0993. The fraction of sp³-hybridized carbons (Fsp3) is 0.0870. The molecule has 0 spiro atoms. The number of carbonyl (C=O) groups excluding carboxylic acids is 1. The van der Waals surface area contributed by atoms with Crippen LogP contribution in [0.2, 0.25) is 5.02 Å². The van der Waals surface area contributed by atoms with Crippen molar-refractivity contribution in [3.05, 3.63) is 100 Å². The Morgan fingerprint density at radius 3 is 2.27 bits per heavy atom. The monoisotopic (exact) mass is 378 g/mol. The Hall–Kier alpha value is -2.29. The summed E-state index contributed by atoms with van der Waals surface area (Å²) in [4.78, 5) is 13.9. The molecule has 130 valence electrons. The second kappa shape index (κ2) is 8.88. The van der Waals surface area contributed by atoms with Gasteiger partial charge < -0.3 is 0 Å². The van der Waals surface area contributed by atoms with E-state index in [9.17, 15) is 4.79 Å². The van der Waals surface area contributed by atoms with E-state index in [0.717, 1.165) is 21.6 Å². The van der Waals surface area contributed by atoms with Crippen molar-refractivity contribution in [1.82, 2.24) is 0 Å². The van der Waals surface area contributed by atoms with Gasteiger partial charge in [-0.3, -0.25) is 4.79 Å². The SMILES string of the molecule is CC(=CSc1ccccc1)CC(=O)c1cccc(-c2ccccc2)c1Cl. The number of halogens is 1. The van der Waals surface area contributed by atoms with Crippen molar-refractivity contribution in [3.8, 4) is 11.1 Å². The lowest BCUT2D eigenvalue weighted by atomic mass is 9.99. The maximum atomic E-state index is 12.7. The molecule has 0 unspecified atom stereocenters. The molecule has 0 aliphatic carbocycles. The average molecular weight is 379 g/mol. The Kier molecular flexibility index (Phi) is 6.32. The van der Waals surface area contributed by atoms with Crippen molar-refractivity contribution < 1.29 is 4.79 Å². The zero-order valence-electron chi connectivity index (χ0n) is 14.5. The number of carbonyl (C=O) groups is 1. The molecule has 0 amide bonds. The van der Waals surface area contributed by atoms with Gasteiger partial charge in [0, 0.05) is 22.4 Å². The smallest absolute Gasteiger partial charge is 0.168 e. The molecular weight excluding hydrogens is 360 g/mol. The second-order valence-corrected chi connectivity index (χ2v) is 7.35. The summed E-state index contributed by atoms with van der Waals surface area (Å²) >= 11 is 8.17. The van der Waals surface area contributed by atoms with Crippen LogP contribution in [0.3, 0.4) is 0 Å². The second-order valence-electron chi connectivity index (χ2n) is 6.03. The number of hydrogen-bond donors (Lipinski definition) is 0. The summed E-state index contributed by atoms with van der Waals surface area (Å²) in [6, 6.07) is 25.6. The molecule has 0 fully saturated rings. The minimum Gasteiger partial charge on any atom is -0.294 e. The molecule has 1 nitrogen and oxygen atoms in total. The summed E-state index contributed by atoms with van der Waals surface area (Å²) in [5.74, 6) is 0.0372. The Morgan fingerprint density at radius 2 is 1.58 bits per heavy atom. The van der Waals surface area contributed by atoms with Crippen LogP contribution in [0.1, 0.15) is 23.7 Å². The number of Topliss-reactive ketones (excluding diaryl/α,β-unsaturated/α-hetero) is 1. The van der Waals surface area contributed by atoms with E-state index in [1.165, 1.54) is 0 Å². The van der Waals surface area contributed by atoms with E-state index in [4.69, 9.17) is 11.6 Å². The predicted octanol–water partition coefficient (Wildman–Crippen LogP) is 7.28. The van der Waals surface area contributed by atoms with Crippen LogP contribution in [-0.2, 0) is 0 Å². The molecular formula is C23H19ClOS. The third kappa shape index (κ3) is 4.66. The van der Waals surface area contributed by atoms with Gasteiger partial charge in [-0.2, -0.15) is 0 Å². The molecule has 3 heteroatoms. The quantitative estimate of drug-likeness (QED) is 0.331.